The van der Waals surface area contributed by atoms with Gasteiger partial charge in [-0.25, -0.2) is 8.42 Å². The van der Waals surface area contributed by atoms with Gasteiger partial charge in [0, 0.05) is 18.8 Å². The van der Waals surface area contributed by atoms with Crippen LogP contribution in [0.2, 0.25) is 5.02 Å². The number of amides is 1. The number of hydrogen-bond donors (Lipinski definition) is 1. The predicted molar refractivity (Wildman–Crippen MR) is 110 cm³/mol. The van der Waals surface area contributed by atoms with Crippen LogP contribution in [0.25, 0.3) is 0 Å². The smallest absolute Gasteiger partial charge is 0.257 e. The predicted octanol–water partition coefficient (Wildman–Crippen LogP) is 4.16. The molecule has 1 aliphatic heterocycles. The van der Waals surface area contributed by atoms with Crippen LogP contribution < -0.4 is 10.1 Å². The highest BCUT2D eigenvalue weighted by Crippen LogP contribution is 2.26. The Morgan fingerprint density at radius 2 is 1.75 bits per heavy atom. The molecule has 150 valence electrons. The molecule has 3 rings (SSSR count). The quantitative estimate of drug-likeness (QED) is 0.758. The number of halogens is 1. The monoisotopic (exact) mass is 422 g/mol. The summed E-state index contributed by atoms with van der Waals surface area (Å²) in [5.74, 6) is 0.228. The zero-order valence-corrected chi connectivity index (χ0v) is 17.4. The van der Waals surface area contributed by atoms with E-state index in [1.165, 1.54) is 22.5 Å². The van der Waals surface area contributed by atoms with E-state index in [9.17, 15) is 13.2 Å². The van der Waals surface area contributed by atoms with Crippen LogP contribution in [0, 0.1) is 0 Å². The van der Waals surface area contributed by atoms with Crippen molar-refractivity contribution in [2.45, 2.75) is 37.7 Å². The molecule has 1 heterocycles. The van der Waals surface area contributed by atoms with E-state index in [0.717, 1.165) is 12.8 Å². The molecular formula is C20H23ClN2O4S. The fourth-order valence-corrected chi connectivity index (χ4v) is 4.75. The molecule has 0 spiro atoms. The van der Waals surface area contributed by atoms with Crippen molar-refractivity contribution in [1.82, 2.24) is 4.31 Å². The van der Waals surface area contributed by atoms with Crippen molar-refractivity contribution in [1.29, 1.82) is 0 Å². The summed E-state index contributed by atoms with van der Waals surface area (Å²) in [5.41, 5.74) is 0.675. The van der Waals surface area contributed by atoms with Gasteiger partial charge in [-0.3, -0.25) is 4.79 Å². The SMILES string of the molecule is CC(C)Oc1ccc(NC(=O)c2cc(S(=O)(=O)N3CCCC3)ccc2Cl)cc1. The molecule has 0 radical (unpaired) electrons. The molecule has 1 N–H and O–H groups in total. The normalized spacial score (nSPS) is 15.0. The number of nitrogens with zero attached hydrogens (tertiary/aromatic N) is 1. The molecule has 2 aromatic carbocycles. The lowest BCUT2D eigenvalue weighted by Gasteiger charge is -2.16. The summed E-state index contributed by atoms with van der Waals surface area (Å²) in [7, 11) is -3.62. The van der Waals surface area contributed by atoms with Gasteiger partial charge in [0.2, 0.25) is 10.0 Å². The lowest BCUT2D eigenvalue weighted by Crippen LogP contribution is -2.28. The second-order valence-electron chi connectivity index (χ2n) is 6.90. The number of rotatable bonds is 6. The van der Waals surface area contributed by atoms with Crippen molar-refractivity contribution >= 4 is 33.2 Å². The Kier molecular flexibility index (Phi) is 6.27. The Morgan fingerprint density at radius 1 is 1.11 bits per heavy atom. The van der Waals surface area contributed by atoms with Crippen molar-refractivity contribution < 1.29 is 17.9 Å². The lowest BCUT2D eigenvalue weighted by atomic mass is 10.2. The molecule has 0 saturated carbocycles. The largest absolute Gasteiger partial charge is 0.491 e. The molecule has 0 aromatic heterocycles. The van der Waals surface area contributed by atoms with E-state index >= 15 is 0 Å². The standard InChI is InChI=1S/C20H23ClN2O4S/c1-14(2)27-16-7-5-15(6-8-16)22-20(24)18-13-17(9-10-19(18)21)28(25,26)23-11-3-4-12-23/h5-10,13-14H,3-4,11-12H2,1-2H3,(H,22,24). The zero-order valence-electron chi connectivity index (χ0n) is 15.8. The van der Waals surface area contributed by atoms with Crippen LogP contribution in [0.4, 0.5) is 5.69 Å². The minimum Gasteiger partial charge on any atom is -0.491 e. The van der Waals surface area contributed by atoms with Crippen LogP contribution in [-0.2, 0) is 10.0 Å². The van der Waals surface area contributed by atoms with Crippen LogP contribution in [0.1, 0.15) is 37.0 Å². The maximum atomic E-state index is 12.7. The van der Waals surface area contributed by atoms with Crippen LogP contribution >= 0.6 is 11.6 Å². The lowest BCUT2D eigenvalue weighted by molar-refractivity contribution is 0.102. The minimum atomic E-state index is -3.62. The number of nitrogens with one attached hydrogen (secondary N) is 1. The van der Waals surface area contributed by atoms with E-state index in [4.69, 9.17) is 16.3 Å². The van der Waals surface area contributed by atoms with Gasteiger partial charge in [-0.15, -0.1) is 0 Å². The fraction of sp³-hybridized carbons (Fsp3) is 0.350. The van der Waals surface area contributed by atoms with Gasteiger partial charge in [-0.2, -0.15) is 4.31 Å². The molecule has 0 atom stereocenters. The van der Waals surface area contributed by atoms with E-state index in [1.807, 2.05) is 13.8 Å². The van der Waals surface area contributed by atoms with E-state index < -0.39 is 15.9 Å². The molecule has 1 aliphatic rings. The van der Waals surface area contributed by atoms with Crippen molar-refractivity contribution in [3.8, 4) is 5.75 Å². The van der Waals surface area contributed by atoms with Crippen molar-refractivity contribution in [3.63, 3.8) is 0 Å². The number of ether oxygens (including phenoxy) is 1. The summed E-state index contributed by atoms with van der Waals surface area (Å²) >= 11 is 6.16. The summed E-state index contributed by atoms with van der Waals surface area (Å²) < 4.78 is 32.5. The molecular weight excluding hydrogens is 400 g/mol. The third-order valence-corrected chi connectivity index (χ3v) is 6.59. The van der Waals surface area contributed by atoms with Gasteiger partial charge < -0.3 is 10.1 Å². The van der Waals surface area contributed by atoms with Gasteiger partial charge in [0.1, 0.15) is 5.75 Å². The Hall–Kier alpha value is -2.09. The van der Waals surface area contributed by atoms with E-state index in [0.29, 0.717) is 24.5 Å². The number of benzene rings is 2. The van der Waals surface area contributed by atoms with Gasteiger partial charge in [-0.05, 0) is 69.2 Å². The summed E-state index contributed by atoms with van der Waals surface area (Å²) in [4.78, 5) is 12.7. The first-order valence-corrected chi connectivity index (χ1v) is 11.0. The molecule has 6 nitrogen and oxygen atoms in total. The van der Waals surface area contributed by atoms with Crippen molar-refractivity contribution in [3.05, 3.63) is 53.1 Å². The van der Waals surface area contributed by atoms with Crippen molar-refractivity contribution in [2.75, 3.05) is 18.4 Å². The van der Waals surface area contributed by atoms with Crippen LogP contribution in [0.5, 0.6) is 5.75 Å². The highest BCUT2D eigenvalue weighted by molar-refractivity contribution is 7.89. The maximum absolute atomic E-state index is 12.7. The van der Waals surface area contributed by atoms with E-state index in [1.54, 1.807) is 24.3 Å². The number of carbonyl (C=O) groups excluding carboxylic acids is 1. The molecule has 2 aromatic rings. The summed E-state index contributed by atoms with van der Waals surface area (Å²) in [6.07, 6.45) is 1.74. The first kappa shape index (κ1) is 20.6. The van der Waals surface area contributed by atoms with Crippen LogP contribution in [0.15, 0.2) is 47.4 Å². The first-order valence-electron chi connectivity index (χ1n) is 9.15. The molecule has 28 heavy (non-hydrogen) atoms. The Bertz CT molecular complexity index is 953. The third-order valence-electron chi connectivity index (χ3n) is 4.37. The summed E-state index contributed by atoms with van der Waals surface area (Å²) in [6.45, 7) is 4.86. The number of hydrogen-bond acceptors (Lipinski definition) is 4. The van der Waals surface area contributed by atoms with Crippen LogP contribution in [0.3, 0.4) is 0 Å². The summed E-state index contributed by atoms with van der Waals surface area (Å²) in [6, 6.07) is 11.2. The van der Waals surface area contributed by atoms with E-state index in [-0.39, 0.29) is 21.6 Å². The molecule has 0 aliphatic carbocycles. The number of carbonyl (C=O) groups is 1. The molecule has 0 bridgehead atoms. The molecule has 8 heteroatoms. The average molecular weight is 423 g/mol. The van der Waals surface area contributed by atoms with Gasteiger partial charge in [0.15, 0.2) is 0 Å². The average Bonchev–Trinajstić information content (AvgIpc) is 3.18. The molecule has 0 unspecified atom stereocenters. The second-order valence-corrected chi connectivity index (χ2v) is 9.24. The topological polar surface area (TPSA) is 75.7 Å². The Labute approximate surface area is 170 Å². The van der Waals surface area contributed by atoms with Crippen molar-refractivity contribution in [2.24, 2.45) is 0 Å². The van der Waals surface area contributed by atoms with Gasteiger partial charge >= 0.3 is 0 Å². The highest BCUT2D eigenvalue weighted by atomic mass is 35.5. The zero-order chi connectivity index (χ0) is 20.3. The Balaban J connectivity index is 1.80. The third kappa shape index (κ3) is 4.66. The molecule has 1 saturated heterocycles. The van der Waals surface area contributed by atoms with E-state index in [2.05, 4.69) is 5.32 Å². The van der Waals surface area contributed by atoms with Gasteiger partial charge in [0.25, 0.3) is 5.91 Å². The summed E-state index contributed by atoms with van der Waals surface area (Å²) in [5, 5.41) is 2.93. The maximum Gasteiger partial charge on any atom is 0.257 e. The molecule has 1 amide bonds. The number of sulfonamides is 1. The first-order chi connectivity index (χ1) is 13.3. The van der Waals surface area contributed by atoms with Gasteiger partial charge in [0.05, 0.1) is 21.6 Å². The number of anilines is 1. The fourth-order valence-electron chi connectivity index (χ4n) is 3.00. The second kappa shape index (κ2) is 8.51. The van der Waals surface area contributed by atoms with Gasteiger partial charge in [-0.1, -0.05) is 11.6 Å². The Morgan fingerprint density at radius 3 is 2.36 bits per heavy atom. The highest BCUT2D eigenvalue weighted by Gasteiger charge is 2.28. The minimum absolute atomic E-state index is 0.0551. The molecule has 1 fully saturated rings. The van der Waals surface area contributed by atoms with Crippen LogP contribution in [-0.4, -0.2) is 37.8 Å².